The molecule has 0 N–H and O–H groups in total. The number of hydrogen-bond donors (Lipinski definition) is 0. The molecule has 108 valence electrons. The Labute approximate surface area is 129 Å². The van der Waals surface area contributed by atoms with E-state index in [2.05, 4.69) is 43.1 Å². The third-order valence-electron chi connectivity index (χ3n) is 2.62. The van der Waals surface area contributed by atoms with Gasteiger partial charge in [-0.15, -0.1) is 15.0 Å². The summed E-state index contributed by atoms with van der Waals surface area (Å²) in [5, 5.41) is 16.3. The first kappa shape index (κ1) is 14.9. The maximum atomic E-state index is 11.5. The first-order valence-electron chi connectivity index (χ1n) is 6.08. The maximum absolute atomic E-state index is 11.5. The summed E-state index contributed by atoms with van der Waals surface area (Å²) in [5.41, 5.74) is 0.777. The molecule has 0 aromatic carbocycles. The molecule has 2 aromatic heterocycles. The molecule has 8 nitrogen and oxygen atoms in total. The Morgan fingerprint density at radius 3 is 2.65 bits per heavy atom. The van der Waals surface area contributed by atoms with Gasteiger partial charge in [0.1, 0.15) is 5.69 Å². The molecule has 2 heterocycles. The average molecular weight is 390 g/mol. The maximum Gasteiger partial charge on any atom is 0.310 e. The Bertz CT molecular complexity index is 601. The molecule has 1 atom stereocenters. The lowest BCUT2D eigenvalue weighted by molar-refractivity contribution is -0.158. The summed E-state index contributed by atoms with van der Waals surface area (Å²) in [5.74, 6) is -0.0493. The van der Waals surface area contributed by atoms with Crippen LogP contribution in [-0.2, 0) is 16.6 Å². The molecule has 1 unspecified atom stereocenters. The Morgan fingerprint density at radius 1 is 1.40 bits per heavy atom. The third kappa shape index (κ3) is 2.97. The fourth-order valence-corrected chi connectivity index (χ4v) is 2.20. The van der Waals surface area contributed by atoms with Crippen LogP contribution in [0.1, 0.15) is 27.0 Å². The predicted octanol–water partition coefficient (Wildman–Crippen LogP) is 1.40. The molecule has 0 amide bonds. The van der Waals surface area contributed by atoms with Gasteiger partial charge in [0.05, 0.1) is 15.7 Å². The first-order valence-corrected chi connectivity index (χ1v) is 7.16. The molecule has 0 spiro atoms. The van der Waals surface area contributed by atoms with Crippen molar-refractivity contribution in [2.45, 2.75) is 27.0 Å². The SMILES string of the molecule is CC(C)C(=O)OC(C)n1nnc(-c2c(I)cnn2C)n1. The predicted molar refractivity (Wildman–Crippen MR) is 78.4 cm³/mol. The van der Waals surface area contributed by atoms with Crippen LogP contribution in [0.25, 0.3) is 11.5 Å². The summed E-state index contributed by atoms with van der Waals surface area (Å²) < 4.78 is 7.83. The highest BCUT2D eigenvalue weighted by Crippen LogP contribution is 2.20. The van der Waals surface area contributed by atoms with E-state index in [1.807, 2.05) is 0 Å². The van der Waals surface area contributed by atoms with Crippen LogP contribution in [0.5, 0.6) is 0 Å². The van der Waals surface area contributed by atoms with E-state index in [-0.39, 0.29) is 11.9 Å². The molecule has 20 heavy (non-hydrogen) atoms. The van der Waals surface area contributed by atoms with E-state index in [1.165, 1.54) is 4.80 Å². The zero-order chi connectivity index (χ0) is 14.9. The highest BCUT2D eigenvalue weighted by atomic mass is 127. The first-order chi connectivity index (χ1) is 9.40. The lowest BCUT2D eigenvalue weighted by Gasteiger charge is -2.12. The van der Waals surface area contributed by atoms with Gasteiger partial charge in [0.2, 0.25) is 12.1 Å². The second-order valence-electron chi connectivity index (χ2n) is 4.59. The van der Waals surface area contributed by atoms with Crippen molar-refractivity contribution in [3.8, 4) is 11.5 Å². The standard InChI is InChI=1S/C11H15IN6O2/c1-6(2)11(19)20-7(3)18-15-10(14-16-18)9-8(12)5-13-17(9)4/h5-7H,1-4H3. The Kier molecular flexibility index (Phi) is 4.35. The molecule has 2 rings (SSSR count). The van der Waals surface area contributed by atoms with Crippen LogP contribution in [0.4, 0.5) is 0 Å². The minimum Gasteiger partial charge on any atom is -0.438 e. The van der Waals surface area contributed by atoms with E-state index in [1.54, 1.807) is 38.7 Å². The average Bonchev–Trinajstić information content (AvgIpc) is 2.96. The van der Waals surface area contributed by atoms with Crippen molar-refractivity contribution in [3.05, 3.63) is 9.77 Å². The number of rotatable bonds is 4. The van der Waals surface area contributed by atoms with E-state index < -0.39 is 6.23 Å². The molecular weight excluding hydrogens is 375 g/mol. The van der Waals surface area contributed by atoms with E-state index in [4.69, 9.17) is 4.74 Å². The second-order valence-corrected chi connectivity index (χ2v) is 5.75. The fraction of sp³-hybridized carbons (Fsp3) is 0.545. The Morgan fingerprint density at radius 2 is 2.10 bits per heavy atom. The van der Waals surface area contributed by atoms with Crippen molar-refractivity contribution in [1.82, 2.24) is 30.0 Å². The molecule has 0 aliphatic heterocycles. The van der Waals surface area contributed by atoms with Gasteiger partial charge >= 0.3 is 5.97 Å². The molecule has 9 heteroatoms. The molecule has 0 aliphatic rings. The number of carbonyl (C=O) groups is 1. The minimum absolute atomic E-state index is 0.196. The zero-order valence-electron chi connectivity index (χ0n) is 11.6. The van der Waals surface area contributed by atoms with Gasteiger partial charge in [-0.1, -0.05) is 13.8 Å². The number of carbonyl (C=O) groups excluding carboxylic acids is 1. The van der Waals surface area contributed by atoms with Crippen molar-refractivity contribution in [1.29, 1.82) is 0 Å². The molecule has 0 aliphatic carbocycles. The number of nitrogens with zero attached hydrogens (tertiary/aromatic N) is 6. The summed E-state index contributed by atoms with van der Waals surface area (Å²) in [7, 11) is 1.81. The summed E-state index contributed by atoms with van der Waals surface area (Å²) in [6, 6.07) is 0. The summed E-state index contributed by atoms with van der Waals surface area (Å²) in [6.07, 6.45) is 1.12. The van der Waals surface area contributed by atoms with Crippen LogP contribution in [0.15, 0.2) is 6.20 Å². The van der Waals surface area contributed by atoms with Crippen molar-refractivity contribution in [2.24, 2.45) is 13.0 Å². The van der Waals surface area contributed by atoms with Crippen LogP contribution >= 0.6 is 22.6 Å². The van der Waals surface area contributed by atoms with E-state index in [0.29, 0.717) is 5.82 Å². The molecule has 0 radical (unpaired) electrons. The number of aryl methyl sites for hydroxylation is 1. The van der Waals surface area contributed by atoms with Crippen molar-refractivity contribution in [3.63, 3.8) is 0 Å². The van der Waals surface area contributed by atoms with Gasteiger partial charge in [0.15, 0.2) is 0 Å². The monoisotopic (exact) mass is 390 g/mol. The largest absolute Gasteiger partial charge is 0.438 e. The number of aromatic nitrogens is 6. The molecule has 2 aromatic rings. The Balaban J connectivity index is 2.19. The molecule has 0 saturated carbocycles. The van der Waals surface area contributed by atoms with E-state index >= 15 is 0 Å². The number of tetrazole rings is 1. The van der Waals surface area contributed by atoms with Gasteiger partial charge in [-0.25, -0.2) is 0 Å². The molecule has 0 fully saturated rings. The second kappa shape index (κ2) is 5.85. The van der Waals surface area contributed by atoms with Gasteiger partial charge in [-0.2, -0.15) is 5.10 Å². The highest BCUT2D eigenvalue weighted by Gasteiger charge is 2.19. The zero-order valence-corrected chi connectivity index (χ0v) is 13.8. The van der Waals surface area contributed by atoms with Gasteiger partial charge in [-0.05, 0) is 34.7 Å². The topological polar surface area (TPSA) is 87.7 Å². The Hall–Kier alpha value is -1.52. The number of halogens is 1. The highest BCUT2D eigenvalue weighted by molar-refractivity contribution is 14.1. The van der Waals surface area contributed by atoms with Crippen LogP contribution in [0, 0.1) is 9.49 Å². The van der Waals surface area contributed by atoms with Crippen molar-refractivity contribution < 1.29 is 9.53 Å². The lowest BCUT2D eigenvalue weighted by Crippen LogP contribution is -2.20. The van der Waals surface area contributed by atoms with Crippen molar-refractivity contribution in [2.75, 3.05) is 0 Å². The van der Waals surface area contributed by atoms with Gasteiger partial charge in [-0.3, -0.25) is 9.48 Å². The molecule has 0 bridgehead atoms. The quantitative estimate of drug-likeness (QED) is 0.579. The van der Waals surface area contributed by atoms with Gasteiger partial charge in [0.25, 0.3) is 0 Å². The van der Waals surface area contributed by atoms with Crippen LogP contribution < -0.4 is 0 Å². The smallest absolute Gasteiger partial charge is 0.310 e. The number of hydrogen-bond acceptors (Lipinski definition) is 6. The number of ether oxygens (including phenoxy) is 1. The summed E-state index contributed by atoms with van der Waals surface area (Å²) >= 11 is 2.15. The number of esters is 1. The van der Waals surface area contributed by atoms with Crippen LogP contribution in [0.2, 0.25) is 0 Å². The summed E-state index contributed by atoms with van der Waals surface area (Å²) in [6.45, 7) is 5.24. The van der Waals surface area contributed by atoms with Crippen LogP contribution in [0.3, 0.4) is 0 Å². The third-order valence-corrected chi connectivity index (χ3v) is 3.41. The minimum atomic E-state index is -0.600. The lowest BCUT2D eigenvalue weighted by atomic mass is 10.2. The van der Waals surface area contributed by atoms with Crippen LogP contribution in [-0.4, -0.2) is 36.0 Å². The molecule has 0 saturated heterocycles. The molecular formula is C11H15IN6O2. The van der Waals surface area contributed by atoms with E-state index in [0.717, 1.165) is 9.26 Å². The van der Waals surface area contributed by atoms with Gasteiger partial charge in [0, 0.05) is 7.05 Å². The van der Waals surface area contributed by atoms with Gasteiger partial charge < -0.3 is 4.74 Å². The summed E-state index contributed by atoms with van der Waals surface area (Å²) in [4.78, 5) is 12.8. The van der Waals surface area contributed by atoms with E-state index in [9.17, 15) is 4.79 Å². The fourth-order valence-electron chi connectivity index (χ4n) is 1.49. The van der Waals surface area contributed by atoms with Crippen molar-refractivity contribution >= 4 is 28.6 Å². The normalized spacial score (nSPS) is 12.7.